The van der Waals surface area contributed by atoms with E-state index in [2.05, 4.69) is 15.3 Å². The molecule has 0 spiro atoms. The lowest BCUT2D eigenvalue weighted by molar-refractivity contribution is 0.648. The summed E-state index contributed by atoms with van der Waals surface area (Å²) in [7, 11) is 0. The summed E-state index contributed by atoms with van der Waals surface area (Å²) in [5.41, 5.74) is 0. The third-order valence-corrected chi connectivity index (χ3v) is 3.51. The van der Waals surface area contributed by atoms with Crippen LogP contribution in [0.1, 0.15) is 19.3 Å². The smallest absolute Gasteiger partial charge is 0.171 e. The number of anilines is 1. The van der Waals surface area contributed by atoms with Gasteiger partial charge >= 0.3 is 0 Å². The molecule has 2 aliphatic carbocycles. The molecule has 0 bridgehead atoms. The Bertz CT molecular complexity index is 345. The molecule has 2 atom stereocenters. The van der Waals surface area contributed by atoms with Gasteiger partial charge < -0.3 is 5.32 Å². The zero-order chi connectivity index (χ0) is 9.54. The molecule has 2 unspecified atom stereocenters. The number of nitrogens with one attached hydrogen (secondary N) is 1. The molecule has 0 saturated heterocycles. The number of halogens is 1. The highest BCUT2D eigenvalue weighted by Gasteiger charge is 2.45. The number of hydrogen-bond acceptors (Lipinski definition) is 3. The summed E-state index contributed by atoms with van der Waals surface area (Å²) in [6.07, 6.45) is 7.27. The second-order valence-corrected chi connectivity index (χ2v) is 4.62. The summed E-state index contributed by atoms with van der Waals surface area (Å²) in [4.78, 5) is 8.17. The lowest BCUT2D eigenvalue weighted by Gasteiger charge is -2.14. The van der Waals surface area contributed by atoms with Crippen LogP contribution in [0.5, 0.6) is 0 Å². The predicted molar refractivity (Wildman–Crippen MR) is 55.3 cm³/mol. The minimum Gasteiger partial charge on any atom is -0.365 e. The first-order valence-electron chi connectivity index (χ1n) is 5.06. The second-order valence-electron chi connectivity index (χ2n) is 4.26. The van der Waals surface area contributed by atoms with Crippen LogP contribution in [-0.4, -0.2) is 16.0 Å². The molecular formula is C10H12ClN3. The van der Waals surface area contributed by atoms with Crippen molar-refractivity contribution in [3.63, 3.8) is 0 Å². The minimum atomic E-state index is 0.480. The van der Waals surface area contributed by atoms with Crippen LogP contribution in [0.3, 0.4) is 0 Å². The zero-order valence-corrected chi connectivity index (χ0v) is 8.54. The predicted octanol–water partition coefficient (Wildman–Crippen LogP) is 2.34. The van der Waals surface area contributed by atoms with Gasteiger partial charge in [0.1, 0.15) is 0 Å². The van der Waals surface area contributed by atoms with Crippen molar-refractivity contribution in [3.8, 4) is 0 Å². The highest BCUT2D eigenvalue weighted by Crippen LogP contribution is 2.52. The van der Waals surface area contributed by atoms with Crippen LogP contribution in [-0.2, 0) is 0 Å². The highest BCUT2D eigenvalue weighted by molar-refractivity contribution is 6.31. The van der Waals surface area contributed by atoms with E-state index in [0.29, 0.717) is 11.2 Å². The van der Waals surface area contributed by atoms with E-state index in [-0.39, 0.29) is 0 Å². The van der Waals surface area contributed by atoms with Crippen LogP contribution in [0.15, 0.2) is 12.4 Å². The molecule has 3 nitrogen and oxygen atoms in total. The molecule has 2 fully saturated rings. The van der Waals surface area contributed by atoms with Crippen molar-refractivity contribution >= 4 is 17.4 Å². The average molecular weight is 210 g/mol. The summed E-state index contributed by atoms with van der Waals surface area (Å²) in [5, 5.41) is 3.84. The molecule has 2 saturated carbocycles. The normalized spacial score (nSPS) is 33.9. The van der Waals surface area contributed by atoms with E-state index in [1.165, 1.54) is 19.3 Å². The van der Waals surface area contributed by atoms with Gasteiger partial charge in [0.05, 0.1) is 0 Å². The average Bonchev–Trinajstić information content (AvgIpc) is 2.79. The summed E-state index contributed by atoms with van der Waals surface area (Å²) in [5.74, 6) is 2.69. The monoisotopic (exact) mass is 209 g/mol. The van der Waals surface area contributed by atoms with Crippen molar-refractivity contribution in [1.29, 1.82) is 0 Å². The standard InChI is InChI=1S/C10H12ClN3/c11-9-10(13-2-1-12-9)14-8-4-6-3-7(6)5-8/h1-2,6-8H,3-5H2,(H,13,14). The van der Waals surface area contributed by atoms with Crippen LogP contribution in [0.25, 0.3) is 0 Å². The lowest BCUT2D eigenvalue weighted by Crippen LogP contribution is -2.18. The molecule has 1 heterocycles. The molecule has 2 aliphatic rings. The number of nitrogens with zero attached hydrogens (tertiary/aromatic N) is 2. The van der Waals surface area contributed by atoms with Gasteiger partial charge in [0.25, 0.3) is 0 Å². The van der Waals surface area contributed by atoms with Crippen LogP contribution in [0.2, 0.25) is 5.15 Å². The molecular weight excluding hydrogens is 198 g/mol. The Balaban J connectivity index is 1.69. The van der Waals surface area contributed by atoms with Crippen molar-refractivity contribution in [3.05, 3.63) is 17.5 Å². The fraction of sp³-hybridized carbons (Fsp3) is 0.600. The van der Waals surface area contributed by atoms with Crippen LogP contribution in [0.4, 0.5) is 5.82 Å². The van der Waals surface area contributed by atoms with Crippen molar-refractivity contribution in [2.75, 3.05) is 5.32 Å². The summed E-state index contributed by atoms with van der Waals surface area (Å²) in [6.45, 7) is 0. The Morgan fingerprint density at radius 3 is 2.57 bits per heavy atom. The molecule has 0 aromatic carbocycles. The van der Waals surface area contributed by atoms with Crippen molar-refractivity contribution in [2.24, 2.45) is 11.8 Å². The van der Waals surface area contributed by atoms with E-state index in [0.717, 1.165) is 17.7 Å². The van der Waals surface area contributed by atoms with Crippen LogP contribution in [0, 0.1) is 11.8 Å². The molecule has 0 radical (unpaired) electrons. The Morgan fingerprint density at radius 2 is 1.86 bits per heavy atom. The van der Waals surface area contributed by atoms with E-state index in [1.807, 2.05) is 0 Å². The third-order valence-electron chi connectivity index (χ3n) is 3.24. The highest BCUT2D eigenvalue weighted by atomic mass is 35.5. The number of rotatable bonds is 2. The first-order valence-corrected chi connectivity index (χ1v) is 5.44. The molecule has 1 N–H and O–H groups in total. The Labute approximate surface area is 87.9 Å². The maximum absolute atomic E-state index is 5.91. The molecule has 0 amide bonds. The Morgan fingerprint density at radius 1 is 1.14 bits per heavy atom. The third kappa shape index (κ3) is 1.46. The summed E-state index contributed by atoms with van der Waals surface area (Å²) < 4.78 is 0. The van der Waals surface area contributed by atoms with Crippen molar-refractivity contribution < 1.29 is 0 Å². The first-order chi connectivity index (χ1) is 6.83. The van der Waals surface area contributed by atoms with E-state index in [9.17, 15) is 0 Å². The van der Waals surface area contributed by atoms with E-state index < -0.39 is 0 Å². The van der Waals surface area contributed by atoms with Gasteiger partial charge in [-0.2, -0.15) is 0 Å². The van der Waals surface area contributed by atoms with Gasteiger partial charge in [-0.05, 0) is 31.1 Å². The number of fused-ring (bicyclic) bond motifs is 1. The van der Waals surface area contributed by atoms with Gasteiger partial charge in [-0.25, -0.2) is 9.97 Å². The van der Waals surface area contributed by atoms with Gasteiger partial charge in [0.2, 0.25) is 0 Å². The maximum Gasteiger partial charge on any atom is 0.171 e. The van der Waals surface area contributed by atoms with Crippen LogP contribution >= 0.6 is 11.6 Å². The largest absolute Gasteiger partial charge is 0.365 e. The molecule has 74 valence electrons. The first kappa shape index (κ1) is 8.48. The van der Waals surface area contributed by atoms with Gasteiger partial charge in [-0.1, -0.05) is 11.6 Å². The zero-order valence-electron chi connectivity index (χ0n) is 7.78. The molecule has 4 heteroatoms. The topological polar surface area (TPSA) is 37.8 Å². The minimum absolute atomic E-state index is 0.480. The molecule has 0 aliphatic heterocycles. The van der Waals surface area contributed by atoms with E-state index >= 15 is 0 Å². The second kappa shape index (κ2) is 3.09. The van der Waals surface area contributed by atoms with Crippen LogP contribution < -0.4 is 5.32 Å². The van der Waals surface area contributed by atoms with Crippen molar-refractivity contribution in [2.45, 2.75) is 25.3 Å². The SMILES string of the molecule is Clc1nccnc1NC1CC2CC2C1. The van der Waals surface area contributed by atoms with E-state index in [4.69, 9.17) is 11.6 Å². The van der Waals surface area contributed by atoms with Crippen molar-refractivity contribution in [1.82, 2.24) is 9.97 Å². The quantitative estimate of drug-likeness (QED) is 0.813. The fourth-order valence-electron chi connectivity index (χ4n) is 2.44. The van der Waals surface area contributed by atoms with E-state index in [1.54, 1.807) is 12.4 Å². The molecule has 3 rings (SSSR count). The lowest BCUT2D eigenvalue weighted by atomic mass is 10.1. The van der Waals surface area contributed by atoms with Gasteiger partial charge in [0.15, 0.2) is 11.0 Å². The fourth-order valence-corrected chi connectivity index (χ4v) is 2.60. The Kier molecular flexibility index (Phi) is 1.87. The number of hydrogen-bond donors (Lipinski definition) is 1. The van der Waals surface area contributed by atoms with Gasteiger partial charge in [-0.3, -0.25) is 0 Å². The molecule has 1 aromatic rings. The summed E-state index contributed by atoms with van der Waals surface area (Å²) >= 11 is 5.91. The molecule has 14 heavy (non-hydrogen) atoms. The Hall–Kier alpha value is -0.830. The molecule has 1 aromatic heterocycles. The number of aromatic nitrogens is 2. The summed E-state index contributed by atoms with van der Waals surface area (Å²) in [6, 6.07) is 0.563. The maximum atomic E-state index is 5.91. The van der Waals surface area contributed by atoms with Gasteiger partial charge in [-0.15, -0.1) is 0 Å². The van der Waals surface area contributed by atoms with Gasteiger partial charge in [0, 0.05) is 18.4 Å².